The van der Waals surface area contributed by atoms with Gasteiger partial charge in [0.15, 0.2) is 0 Å². The molecule has 6 heteroatoms. The maximum Gasteiger partial charge on any atom is 0.252 e. The molecule has 1 fully saturated rings. The number of pyridine rings is 2. The van der Waals surface area contributed by atoms with E-state index in [9.17, 15) is 4.79 Å². The van der Waals surface area contributed by atoms with Crippen LogP contribution in [0.1, 0.15) is 15.9 Å². The van der Waals surface area contributed by atoms with Gasteiger partial charge >= 0.3 is 0 Å². The number of primary amides is 1. The van der Waals surface area contributed by atoms with Gasteiger partial charge in [-0.2, -0.15) is 0 Å². The zero-order valence-electron chi connectivity index (χ0n) is 12.4. The molecule has 0 aliphatic carbocycles. The lowest BCUT2D eigenvalue weighted by Crippen LogP contribution is -2.46. The molecule has 1 aliphatic heterocycles. The second kappa shape index (κ2) is 6.53. The van der Waals surface area contributed by atoms with Gasteiger partial charge in [0.25, 0.3) is 5.91 Å². The minimum atomic E-state index is -0.430. The lowest BCUT2D eigenvalue weighted by Gasteiger charge is -2.35. The van der Waals surface area contributed by atoms with E-state index in [2.05, 4.69) is 25.8 Å². The van der Waals surface area contributed by atoms with E-state index in [-0.39, 0.29) is 0 Å². The van der Waals surface area contributed by atoms with Crippen LogP contribution in [0.15, 0.2) is 42.9 Å². The Labute approximate surface area is 129 Å². The van der Waals surface area contributed by atoms with Crippen molar-refractivity contribution in [2.24, 2.45) is 5.73 Å². The van der Waals surface area contributed by atoms with Gasteiger partial charge in [-0.1, -0.05) is 6.07 Å². The molecule has 0 aromatic carbocycles. The maximum atomic E-state index is 11.5. The van der Waals surface area contributed by atoms with Crippen LogP contribution in [-0.2, 0) is 6.54 Å². The number of carbonyl (C=O) groups is 1. The highest BCUT2D eigenvalue weighted by Crippen LogP contribution is 2.19. The number of hydrogen-bond donors (Lipinski definition) is 1. The number of hydrogen-bond acceptors (Lipinski definition) is 5. The maximum absolute atomic E-state index is 11.5. The number of nitrogens with two attached hydrogens (primary N) is 1. The van der Waals surface area contributed by atoms with E-state index in [1.807, 2.05) is 12.3 Å². The van der Waals surface area contributed by atoms with Crippen LogP contribution in [0.4, 0.5) is 5.82 Å². The van der Waals surface area contributed by atoms with Gasteiger partial charge in [-0.05, 0) is 23.8 Å². The fraction of sp³-hybridized carbons (Fsp3) is 0.312. The highest BCUT2D eigenvalue weighted by molar-refractivity contribution is 5.97. The van der Waals surface area contributed by atoms with E-state index in [1.165, 1.54) is 5.56 Å². The molecule has 22 heavy (non-hydrogen) atoms. The molecule has 0 bridgehead atoms. The molecule has 0 radical (unpaired) electrons. The van der Waals surface area contributed by atoms with Crippen molar-refractivity contribution < 1.29 is 4.79 Å². The molecule has 3 rings (SSSR count). The number of piperazine rings is 1. The summed E-state index contributed by atoms with van der Waals surface area (Å²) in [7, 11) is 0. The average Bonchev–Trinajstić information content (AvgIpc) is 2.56. The molecule has 2 aromatic rings. The second-order valence-corrected chi connectivity index (χ2v) is 5.36. The second-order valence-electron chi connectivity index (χ2n) is 5.36. The Morgan fingerprint density at radius 2 is 1.91 bits per heavy atom. The summed E-state index contributed by atoms with van der Waals surface area (Å²) in [6.07, 6.45) is 5.38. The number of anilines is 1. The lowest BCUT2D eigenvalue weighted by molar-refractivity contribution is 0.1000. The molecule has 2 aromatic heterocycles. The summed E-state index contributed by atoms with van der Waals surface area (Å²) < 4.78 is 0. The summed E-state index contributed by atoms with van der Waals surface area (Å²) in [5.41, 5.74) is 7.13. The van der Waals surface area contributed by atoms with Crippen LogP contribution in [0.2, 0.25) is 0 Å². The van der Waals surface area contributed by atoms with Gasteiger partial charge in [0.05, 0.1) is 5.56 Å². The summed E-state index contributed by atoms with van der Waals surface area (Å²) in [5.74, 6) is 0.261. The van der Waals surface area contributed by atoms with Gasteiger partial charge < -0.3 is 10.6 Å². The lowest BCUT2D eigenvalue weighted by atomic mass is 10.2. The minimum Gasteiger partial charge on any atom is -0.365 e. The van der Waals surface area contributed by atoms with Crippen molar-refractivity contribution in [3.63, 3.8) is 0 Å². The Hall–Kier alpha value is -2.47. The van der Waals surface area contributed by atoms with Gasteiger partial charge in [-0.15, -0.1) is 0 Å². The molecular formula is C16H19N5O. The largest absolute Gasteiger partial charge is 0.365 e. The minimum absolute atomic E-state index is 0.430. The van der Waals surface area contributed by atoms with E-state index in [1.54, 1.807) is 24.5 Å². The monoisotopic (exact) mass is 297 g/mol. The standard InChI is InChI=1S/C16H19N5O/c17-15(22)14-4-2-6-19-16(14)21-9-7-20(8-10-21)12-13-3-1-5-18-11-13/h1-6,11H,7-10,12H2,(H2,17,22). The molecule has 2 N–H and O–H groups in total. The molecule has 1 aliphatic rings. The van der Waals surface area contributed by atoms with Crippen molar-refractivity contribution in [1.82, 2.24) is 14.9 Å². The summed E-state index contributed by atoms with van der Waals surface area (Å²) in [6.45, 7) is 4.40. The first kappa shape index (κ1) is 14.5. The Bertz CT molecular complexity index is 638. The number of aromatic nitrogens is 2. The SMILES string of the molecule is NC(=O)c1cccnc1N1CCN(Cc2cccnc2)CC1. The molecule has 114 valence electrons. The van der Waals surface area contributed by atoms with Crippen molar-refractivity contribution in [3.05, 3.63) is 54.0 Å². The van der Waals surface area contributed by atoms with Gasteiger partial charge in [0.1, 0.15) is 5.82 Å². The molecule has 6 nitrogen and oxygen atoms in total. The number of amides is 1. The van der Waals surface area contributed by atoms with Crippen LogP contribution in [0.25, 0.3) is 0 Å². The van der Waals surface area contributed by atoms with Crippen molar-refractivity contribution in [1.29, 1.82) is 0 Å². The van der Waals surface area contributed by atoms with Gasteiger partial charge in [-0.25, -0.2) is 4.98 Å². The first-order chi connectivity index (χ1) is 10.7. The third kappa shape index (κ3) is 3.23. The van der Waals surface area contributed by atoms with Crippen LogP contribution in [0.5, 0.6) is 0 Å². The summed E-state index contributed by atoms with van der Waals surface area (Å²) in [4.78, 5) is 24.5. The van der Waals surface area contributed by atoms with Gasteiger partial charge in [-0.3, -0.25) is 14.7 Å². The molecule has 0 unspecified atom stereocenters. The molecule has 1 amide bonds. The normalized spacial score (nSPS) is 15.7. The van der Waals surface area contributed by atoms with Crippen LogP contribution in [-0.4, -0.2) is 47.0 Å². The zero-order chi connectivity index (χ0) is 15.4. The van der Waals surface area contributed by atoms with Crippen molar-refractivity contribution >= 4 is 11.7 Å². The fourth-order valence-corrected chi connectivity index (χ4v) is 2.71. The molecule has 1 saturated heterocycles. The predicted octanol–water partition coefficient (Wildman–Crippen LogP) is 0.898. The Morgan fingerprint density at radius 3 is 2.59 bits per heavy atom. The van der Waals surface area contributed by atoms with Crippen LogP contribution < -0.4 is 10.6 Å². The predicted molar refractivity (Wildman–Crippen MR) is 84.5 cm³/mol. The van der Waals surface area contributed by atoms with Crippen molar-refractivity contribution in [3.8, 4) is 0 Å². The highest BCUT2D eigenvalue weighted by Gasteiger charge is 2.21. The van der Waals surface area contributed by atoms with E-state index < -0.39 is 5.91 Å². The summed E-state index contributed by atoms with van der Waals surface area (Å²) in [6, 6.07) is 7.51. The number of nitrogens with zero attached hydrogens (tertiary/aromatic N) is 4. The quantitative estimate of drug-likeness (QED) is 0.907. The van der Waals surface area contributed by atoms with Crippen LogP contribution in [0.3, 0.4) is 0 Å². The Kier molecular flexibility index (Phi) is 4.29. The molecule has 0 saturated carbocycles. The van der Waals surface area contributed by atoms with Crippen LogP contribution >= 0.6 is 0 Å². The smallest absolute Gasteiger partial charge is 0.252 e. The number of rotatable bonds is 4. The molecule has 3 heterocycles. The van der Waals surface area contributed by atoms with E-state index in [0.717, 1.165) is 32.7 Å². The molecule has 0 spiro atoms. The Morgan fingerprint density at radius 1 is 1.14 bits per heavy atom. The average molecular weight is 297 g/mol. The van der Waals surface area contributed by atoms with E-state index >= 15 is 0 Å². The third-order valence-electron chi connectivity index (χ3n) is 3.85. The van der Waals surface area contributed by atoms with E-state index in [0.29, 0.717) is 11.4 Å². The van der Waals surface area contributed by atoms with Crippen molar-refractivity contribution in [2.45, 2.75) is 6.54 Å². The third-order valence-corrected chi connectivity index (χ3v) is 3.85. The Balaban J connectivity index is 1.64. The first-order valence-corrected chi connectivity index (χ1v) is 7.35. The summed E-state index contributed by atoms with van der Waals surface area (Å²) in [5, 5.41) is 0. The number of carbonyl (C=O) groups excluding carboxylic acids is 1. The van der Waals surface area contributed by atoms with Gasteiger partial charge in [0, 0.05) is 51.3 Å². The van der Waals surface area contributed by atoms with Crippen molar-refractivity contribution in [2.75, 3.05) is 31.1 Å². The topological polar surface area (TPSA) is 75.4 Å². The van der Waals surface area contributed by atoms with E-state index in [4.69, 9.17) is 5.73 Å². The summed E-state index contributed by atoms with van der Waals surface area (Å²) >= 11 is 0. The first-order valence-electron chi connectivity index (χ1n) is 7.35. The van der Waals surface area contributed by atoms with Crippen LogP contribution in [0, 0.1) is 0 Å². The van der Waals surface area contributed by atoms with Gasteiger partial charge in [0.2, 0.25) is 0 Å². The molecular weight excluding hydrogens is 278 g/mol. The zero-order valence-corrected chi connectivity index (χ0v) is 12.4. The fourth-order valence-electron chi connectivity index (χ4n) is 2.71. The highest BCUT2D eigenvalue weighted by atomic mass is 16.1. The molecule has 0 atom stereocenters.